The van der Waals surface area contributed by atoms with Crippen molar-refractivity contribution in [1.29, 1.82) is 0 Å². The number of sulfonamides is 1. The quantitative estimate of drug-likeness (QED) is 0.407. The number of aryl methyl sites for hydroxylation is 3. The first-order valence-electron chi connectivity index (χ1n) is 11.3. The molecule has 0 bridgehead atoms. The van der Waals surface area contributed by atoms with Crippen molar-refractivity contribution in [2.75, 3.05) is 15.9 Å². The highest BCUT2D eigenvalue weighted by Crippen LogP contribution is 2.35. The first kappa shape index (κ1) is 22.2. The van der Waals surface area contributed by atoms with Gasteiger partial charge in [-0.15, -0.1) is 0 Å². The first-order valence-corrected chi connectivity index (χ1v) is 13.1. The van der Waals surface area contributed by atoms with Gasteiger partial charge in [-0.25, -0.2) is 8.42 Å². The molecule has 0 saturated heterocycles. The van der Waals surface area contributed by atoms with Crippen LogP contribution in [0.2, 0.25) is 0 Å². The third kappa shape index (κ3) is 4.17. The zero-order valence-corrected chi connectivity index (χ0v) is 20.0. The van der Waals surface area contributed by atoms with Crippen molar-refractivity contribution in [2.24, 2.45) is 0 Å². The van der Waals surface area contributed by atoms with E-state index in [0.717, 1.165) is 35.0 Å². The van der Waals surface area contributed by atoms with Crippen molar-refractivity contribution < 1.29 is 13.2 Å². The summed E-state index contributed by atoms with van der Waals surface area (Å²) in [5.74, 6) is -0.227. The molecule has 0 aliphatic heterocycles. The molecule has 4 aromatic carbocycles. The molecule has 0 radical (unpaired) electrons. The van der Waals surface area contributed by atoms with Crippen molar-refractivity contribution in [3.63, 3.8) is 0 Å². The summed E-state index contributed by atoms with van der Waals surface area (Å²) in [4.78, 5) is 13.0. The van der Waals surface area contributed by atoms with Gasteiger partial charge in [-0.3, -0.25) is 9.10 Å². The molecule has 0 heterocycles. The van der Waals surface area contributed by atoms with Crippen LogP contribution in [0.25, 0.3) is 10.8 Å². The van der Waals surface area contributed by atoms with Crippen LogP contribution in [0.4, 0.5) is 11.4 Å². The number of anilines is 2. The average Bonchev–Trinajstić information content (AvgIpc) is 3.24. The number of benzene rings is 4. The van der Waals surface area contributed by atoms with E-state index in [1.165, 1.54) is 27.1 Å². The van der Waals surface area contributed by atoms with Crippen LogP contribution in [0.1, 0.15) is 32.6 Å². The zero-order chi connectivity index (χ0) is 23.9. The molecular formula is C28H26N2O3S. The fourth-order valence-corrected chi connectivity index (χ4v) is 5.55. The van der Waals surface area contributed by atoms with Crippen LogP contribution in [0, 0.1) is 6.92 Å². The van der Waals surface area contributed by atoms with Gasteiger partial charge in [0.25, 0.3) is 5.91 Å². The molecule has 4 aromatic rings. The van der Waals surface area contributed by atoms with E-state index in [-0.39, 0.29) is 12.5 Å². The molecule has 34 heavy (non-hydrogen) atoms. The zero-order valence-electron chi connectivity index (χ0n) is 19.2. The lowest BCUT2D eigenvalue weighted by Crippen LogP contribution is -2.29. The smallest absolute Gasteiger partial charge is 0.255 e. The number of carbonyl (C=O) groups is 1. The van der Waals surface area contributed by atoms with Crippen molar-refractivity contribution in [1.82, 2.24) is 0 Å². The fourth-order valence-electron chi connectivity index (χ4n) is 4.67. The second-order valence-electron chi connectivity index (χ2n) is 8.81. The van der Waals surface area contributed by atoms with Crippen molar-refractivity contribution >= 4 is 38.1 Å². The molecule has 5 nitrogen and oxygen atoms in total. The number of nitrogens with one attached hydrogen (secondary N) is 1. The maximum atomic E-state index is 13.0. The number of carbonyl (C=O) groups excluding carboxylic acids is 1. The summed E-state index contributed by atoms with van der Waals surface area (Å²) in [6, 6.07) is 24.7. The van der Waals surface area contributed by atoms with Gasteiger partial charge in [-0.1, -0.05) is 48.5 Å². The number of hydrogen-bond donors (Lipinski definition) is 1. The molecule has 5 rings (SSSR count). The highest BCUT2D eigenvalue weighted by molar-refractivity contribution is 7.92. The normalized spacial score (nSPS) is 12.6. The van der Waals surface area contributed by atoms with Gasteiger partial charge in [0.05, 0.1) is 18.5 Å². The molecule has 1 aliphatic rings. The second kappa shape index (κ2) is 8.61. The molecule has 0 spiro atoms. The Labute approximate surface area is 200 Å². The molecule has 0 saturated carbocycles. The van der Waals surface area contributed by atoms with E-state index in [1.807, 2.05) is 49.4 Å². The van der Waals surface area contributed by atoms with Gasteiger partial charge >= 0.3 is 0 Å². The third-order valence-electron chi connectivity index (χ3n) is 6.52. The minimum absolute atomic E-state index is 0.227. The number of nitrogens with zero attached hydrogens (tertiary/aromatic N) is 1. The minimum Gasteiger partial charge on any atom is -0.321 e. The predicted octanol–water partition coefficient (Wildman–Crippen LogP) is 5.47. The van der Waals surface area contributed by atoms with Gasteiger partial charge in [0, 0.05) is 16.6 Å². The maximum absolute atomic E-state index is 13.0. The van der Waals surface area contributed by atoms with E-state index in [1.54, 1.807) is 24.3 Å². The molecule has 6 heteroatoms. The van der Waals surface area contributed by atoms with Crippen LogP contribution in [-0.4, -0.2) is 20.6 Å². The predicted molar refractivity (Wildman–Crippen MR) is 138 cm³/mol. The molecule has 1 aliphatic carbocycles. The Morgan fingerprint density at radius 3 is 2.29 bits per heavy atom. The van der Waals surface area contributed by atoms with Crippen LogP contribution < -0.4 is 9.62 Å². The van der Waals surface area contributed by atoms with Gasteiger partial charge in [0.1, 0.15) is 0 Å². The van der Waals surface area contributed by atoms with Gasteiger partial charge in [-0.05, 0) is 77.7 Å². The Kier molecular flexibility index (Phi) is 5.62. The van der Waals surface area contributed by atoms with E-state index in [0.29, 0.717) is 11.3 Å². The van der Waals surface area contributed by atoms with Gasteiger partial charge in [-0.2, -0.15) is 0 Å². The fraction of sp³-hybridized carbons (Fsp3) is 0.179. The van der Waals surface area contributed by atoms with Gasteiger partial charge in [0.15, 0.2) is 0 Å². The number of amides is 1. The van der Waals surface area contributed by atoms with E-state index in [9.17, 15) is 13.2 Å². The van der Waals surface area contributed by atoms with Crippen molar-refractivity contribution in [3.05, 3.63) is 107 Å². The molecule has 1 amide bonds. The lowest BCUT2D eigenvalue weighted by atomic mass is 10.0. The van der Waals surface area contributed by atoms with Crippen LogP contribution in [0.15, 0.2) is 78.9 Å². The van der Waals surface area contributed by atoms with E-state index in [2.05, 4.69) is 17.4 Å². The van der Waals surface area contributed by atoms with Crippen LogP contribution in [0.5, 0.6) is 0 Å². The Hall–Kier alpha value is -3.64. The SMILES string of the molecule is Cc1ccccc1CN(c1ccc(C(=O)Nc2ccc3c4c(cccc24)CC3)cc1)S(C)(=O)=O. The van der Waals surface area contributed by atoms with Crippen LogP contribution >= 0.6 is 0 Å². The molecule has 172 valence electrons. The molecule has 1 N–H and O–H groups in total. The number of rotatable bonds is 6. The summed E-state index contributed by atoms with van der Waals surface area (Å²) in [5.41, 5.74) is 6.38. The summed E-state index contributed by atoms with van der Waals surface area (Å²) in [6.07, 6.45) is 3.26. The summed E-state index contributed by atoms with van der Waals surface area (Å²) in [7, 11) is -3.51. The van der Waals surface area contributed by atoms with E-state index < -0.39 is 10.0 Å². The second-order valence-corrected chi connectivity index (χ2v) is 10.7. The standard InChI is InChI=1S/C28H26N2O3S/c1-19-6-3-4-7-23(19)18-30(34(2,32)33)24-15-12-22(13-16-24)28(31)29-26-17-14-21-11-10-20-8-5-9-25(26)27(20)21/h3-9,12-17H,10-11,18H2,1-2H3,(H,29,31). The largest absolute Gasteiger partial charge is 0.321 e. The van der Waals surface area contributed by atoms with Gasteiger partial charge < -0.3 is 5.32 Å². The van der Waals surface area contributed by atoms with E-state index in [4.69, 9.17) is 0 Å². The molecule has 0 unspecified atom stereocenters. The van der Waals surface area contributed by atoms with Gasteiger partial charge in [0.2, 0.25) is 10.0 Å². The molecule has 0 fully saturated rings. The maximum Gasteiger partial charge on any atom is 0.255 e. The topological polar surface area (TPSA) is 66.5 Å². The Balaban J connectivity index is 1.40. The summed E-state index contributed by atoms with van der Waals surface area (Å²) in [6.45, 7) is 2.20. The monoisotopic (exact) mass is 470 g/mol. The van der Waals surface area contributed by atoms with Crippen LogP contribution in [-0.2, 0) is 29.4 Å². The first-order chi connectivity index (χ1) is 16.3. The van der Waals surface area contributed by atoms with Crippen molar-refractivity contribution in [2.45, 2.75) is 26.3 Å². The lowest BCUT2D eigenvalue weighted by Gasteiger charge is -2.23. The Morgan fingerprint density at radius 2 is 1.59 bits per heavy atom. The van der Waals surface area contributed by atoms with E-state index >= 15 is 0 Å². The Bertz CT molecular complexity index is 1500. The Morgan fingerprint density at radius 1 is 0.882 bits per heavy atom. The van der Waals surface area contributed by atoms with Crippen LogP contribution in [0.3, 0.4) is 0 Å². The van der Waals surface area contributed by atoms with Crippen molar-refractivity contribution in [3.8, 4) is 0 Å². The molecule has 0 atom stereocenters. The summed E-state index contributed by atoms with van der Waals surface area (Å²) < 4.78 is 26.4. The molecular weight excluding hydrogens is 444 g/mol. The lowest BCUT2D eigenvalue weighted by molar-refractivity contribution is 0.102. The average molecular weight is 471 g/mol. The highest BCUT2D eigenvalue weighted by Gasteiger charge is 2.20. The number of hydrogen-bond acceptors (Lipinski definition) is 3. The summed E-state index contributed by atoms with van der Waals surface area (Å²) in [5, 5.41) is 5.34. The summed E-state index contributed by atoms with van der Waals surface area (Å²) >= 11 is 0. The highest BCUT2D eigenvalue weighted by atomic mass is 32.2. The molecule has 0 aromatic heterocycles. The minimum atomic E-state index is -3.51. The third-order valence-corrected chi connectivity index (χ3v) is 7.66.